The Morgan fingerprint density at radius 2 is 2.32 bits per heavy atom. The minimum Gasteiger partial charge on any atom is -0.376 e. The summed E-state index contributed by atoms with van der Waals surface area (Å²) in [4.78, 5) is 23.4. The topological polar surface area (TPSA) is 85.2 Å². The number of nitrogens with zero attached hydrogens (tertiary/aromatic N) is 5. The number of aryl methyl sites for hydroxylation is 2. The number of aromatic nitrogens is 4. The van der Waals surface area contributed by atoms with Gasteiger partial charge in [-0.1, -0.05) is 6.07 Å². The molecule has 1 unspecified atom stereocenters. The van der Waals surface area contributed by atoms with Crippen molar-refractivity contribution in [2.24, 2.45) is 7.05 Å². The van der Waals surface area contributed by atoms with Crippen LogP contribution in [0.25, 0.3) is 11.0 Å². The molecule has 0 saturated carbocycles. The molecule has 0 aromatic carbocycles. The summed E-state index contributed by atoms with van der Waals surface area (Å²) in [5, 5.41) is 8.28. The molecule has 0 bridgehead atoms. The third-order valence-electron chi connectivity index (χ3n) is 4.95. The zero-order chi connectivity index (χ0) is 19.5. The van der Waals surface area contributed by atoms with Crippen molar-refractivity contribution in [3.05, 3.63) is 48.0 Å². The molecule has 3 aromatic rings. The molecule has 1 saturated heterocycles. The number of carbonyl (C=O) groups excluding carboxylic acids is 1. The first-order chi connectivity index (χ1) is 13.6. The predicted molar refractivity (Wildman–Crippen MR) is 106 cm³/mol. The number of pyridine rings is 2. The van der Waals surface area contributed by atoms with Gasteiger partial charge in [-0.25, -0.2) is 9.78 Å². The minimum atomic E-state index is -0.179. The second kappa shape index (κ2) is 7.93. The summed E-state index contributed by atoms with van der Waals surface area (Å²) >= 11 is 0. The van der Waals surface area contributed by atoms with Gasteiger partial charge in [0, 0.05) is 44.5 Å². The van der Waals surface area contributed by atoms with E-state index in [1.165, 1.54) is 0 Å². The number of carbonyl (C=O) groups is 1. The number of hydrogen-bond acceptors (Lipinski definition) is 5. The van der Waals surface area contributed by atoms with E-state index in [0.717, 1.165) is 41.7 Å². The lowest BCUT2D eigenvalue weighted by atomic mass is 10.2. The second-order valence-electron chi connectivity index (χ2n) is 7.11. The van der Waals surface area contributed by atoms with E-state index in [0.29, 0.717) is 18.8 Å². The highest BCUT2D eigenvalue weighted by molar-refractivity contribution is 5.92. The Kier molecular flexibility index (Phi) is 5.21. The lowest BCUT2D eigenvalue weighted by Crippen LogP contribution is -2.39. The monoisotopic (exact) mass is 380 g/mol. The van der Waals surface area contributed by atoms with Crippen LogP contribution >= 0.6 is 0 Å². The van der Waals surface area contributed by atoms with E-state index in [4.69, 9.17) is 4.74 Å². The van der Waals surface area contributed by atoms with Crippen LogP contribution in [0, 0.1) is 6.92 Å². The van der Waals surface area contributed by atoms with Gasteiger partial charge in [-0.2, -0.15) is 5.10 Å². The number of urea groups is 1. The van der Waals surface area contributed by atoms with E-state index in [9.17, 15) is 4.79 Å². The van der Waals surface area contributed by atoms with E-state index in [-0.39, 0.29) is 12.1 Å². The van der Waals surface area contributed by atoms with Crippen LogP contribution < -0.4 is 5.32 Å². The highest BCUT2D eigenvalue weighted by atomic mass is 16.5. The van der Waals surface area contributed by atoms with Crippen LogP contribution in [0.2, 0.25) is 0 Å². The van der Waals surface area contributed by atoms with Crippen LogP contribution in [-0.4, -0.2) is 49.9 Å². The maximum atomic E-state index is 13.0. The summed E-state index contributed by atoms with van der Waals surface area (Å²) < 4.78 is 7.48. The second-order valence-corrected chi connectivity index (χ2v) is 7.11. The highest BCUT2D eigenvalue weighted by Crippen LogP contribution is 2.20. The molecular weight excluding hydrogens is 356 g/mol. The smallest absolute Gasteiger partial charge is 0.322 e. The summed E-state index contributed by atoms with van der Waals surface area (Å²) in [6.45, 7) is 3.71. The van der Waals surface area contributed by atoms with Crippen molar-refractivity contribution in [2.75, 3.05) is 18.5 Å². The van der Waals surface area contributed by atoms with Gasteiger partial charge in [-0.3, -0.25) is 9.67 Å². The Hall–Kier alpha value is -3.00. The molecule has 8 nitrogen and oxygen atoms in total. The number of rotatable bonds is 5. The Morgan fingerprint density at radius 3 is 3.07 bits per heavy atom. The van der Waals surface area contributed by atoms with Crippen molar-refractivity contribution < 1.29 is 9.53 Å². The zero-order valence-corrected chi connectivity index (χ0v) is 16.1. The minimum absolute atomic E-state index is 0.0728. The van der Waals surface area contributed by atoms with E-state index >= 15 is 0 Å². The van der Waals surface area contributed by atoms with Crippen molar-refractivity contribution in [3.63, 3.8) is 0 Å². The molecule has 0 spiro atoms. The fraction of sp³-hybridized carbons (Fsp3) is 0.400. The fourth-order valence-corrected chi connectivity index (χ4v) is 3.54. The van der Waals surface area contributed by atoms with Crippen molar-refractivity contribution in [3.8, 4) is 0 Å². The molecule has 0 aliphatic carbocycles. The number of ether oxygens (including phenoxy) is 1. The van der Waals surface area contributed by atoms with Crippen LogP contribution in [0.1, 0.15) is 24.1 Å². The van der Waals surface area contributed by atoms with Gasteiger partial charge in [0.2, 0.25) is 0 Å². The van der Waals surface area contributed by atoms with Gasteiger partial charge in [-0.15, -0.1) is 0 Å². The summed E-state index contributed by atoms with van der Waals surface area (Å²) in [6.07, 6.45) is 7.25. The molecule has 28 heavy (non-hydrogen) atoms. The van der Waals surface area contributed by atoms with Crippen molar-refractivity contribution >= 4 is 22.8 Å². The lowest BCUT2D eigenvalue weighted by Gasteiger charge is -2.25. The van der Waals surface area contributed by atoms with Crippen LogP contribution in [0.3, 0.4) is 0 Å². The first-order valence-electron chi connectivity index (χ1n) is 9.46. The fourth-order valence-electron chi connectivity index (χ4n) is 3.54. The number of amides is 2. The standard InChI is InChI=1S/C20H24N6O2/c1-14-18-9-16(11-22-19(18)25(2)24-14)23-20(27)26(13-17-6-4-8-28-17)12-15-5-3-7-21-10-15/h3,5,7,9-11,17H,4,6,8,12-13H2,1-2H3,(H,23,27). The first-order valence-corrected chi connectivity index (χ1v) is 9.46. The van der Waals surface area contributed by atoms with Gasteiger partial charge in [0.15, 0.2) is 5.65 Å². The quantitative estimate of drug-likeness (QED) is 0.736. The third kappa shape index (κ3) is 3.96. The van der Waals surface area contributed by atoms with Gasteiger partial charge in [-0.05, 0) is 37.5 Å². The summed E-state index contributed by atoms with van der Waals surface area (Å²) in [5.41, 5.74) is 3.30. The molecule has 8 heteroatoms. The van der Waals surface area contributed by atoms with E-state index in [1.807, 2.05) is 32.2 Å². The molecule has 146 valence electrons. The molecule has 0 radical (unpaired) electrons. The molecule has 1 aliphatic heterocycles. The molecule has 3 aromatic heterocycles. The summed E-state index contributed by atoms with van der Waals surface area (Å²) in [6, 6.07) is 5.58. The average Bonchev–Trinajstić information content (AvgIpc) is 3.30. The molecule has 1 atom stereocenters. The van der Waals surface area contributed by atoms with Crippen LogP contribution in [0.15, 0.2) is 36.8 Å². The summed E-state index contributed by atoms with van der Waals surface area (Å²) in [5.74, 6) is 0. The third-order valence-corrected chi connectivity index (χ3v) is 4.95. The molecule has 4 heterocycles. The Morgan fingerprint density at radius 1 is 1.43 bits per heavy atom. The molecule has 1 fully saturated rings. The van der Waals surface area contributed by atoms with Crippen molar-refractivity contribution in [2.45, 2.75) is 32.4 Å². The molecule has 1 aliphatic rings. The van der Waals surface area contributed by atoms with E-state index in [2.05, 4.69) is 20.4 Å². The van der Waals surface area contributed by atoms with Crippen LogP contribution in [0.5, 0.6) is 0 Å². The molecule has 4 rings (SSSR count). The van der Waals surface area contributed by atoms with Gasteiger partial charge < -0.3 is 15.0 Å². The molecule has 2 amide bonds. The maximum absolute atomic E-state index is 13.0. The van der Waals surface area contributed by atoms with Gasteiger partial charge in [0.25, 0.3) is 0 Å². The Labute approximate surface area is 163 Å². The van der Waals surface area contributed by atoms with Crippen LogP contribution in [0.4, 0.5) is 10.5 Å². The van der Waals surface area contributed by atoms with Gasteiger partial charge in [0.05, 0.1) is 23.7 Å². The van der Waals surface area contributed by atoms with Crippen molar-refractivity contribution in [1.29, 1.82) is 0 Å². The van der Waals surface area contributed by atoms with E-state index < -0.39 is 0 Å². The average molecular weight is 380 g/mol. The van der Waals surface area contributed by atoms with Crippen LogP contribution in [-0.2, 0) is 18.3 Å². The van der Waals surface area contributed by atoms with Crippen molar-refractivity contribution in [1.82, 2.24) is 24.6 Å². The molecular formula is C20H24N6O2. The number of hydrogen-bond donors (Lipinski definition) is 1. The van der Waals surface area contributed by atoms with Gasteiger partial charge >= 0.3 is 6.03 Å². The number of nitrogens with one attached hydrogen (secondary N) is 1. The highest BCUT2D eigenvalue weighted by Gasteiger charge is 2.23. The Balaban J connectivity index is 1.53. The SMILES string of the molecule is Cc1nn(C)c2ncc(NC(=O)N(Cc3cccnc3)CC3CCCO3)cc12. The number of fused-ring (bicyclic) bond motifs is 1. The number of anilines is 1. The zero-order valence-electron chi connectivity index (χ0n) is 16.1. The summed E-state index contributed by atoms with van der Waals surface area (Å²) in [7, 11) is 1.86. The molecule has 1 N–H and O–H groups in total. The largest absolute Gasteiger partial charge is 0.376 e. The van der Waals surface area contributed by atoms with E-state index in [1.54, 1.807) is 28.2 Å². The maximum Gasteiger partial charge on any atom is 0.322 e. The Bertz CT molecular complexity index is 965. The lowest BCUT2D eigenvalue weighted by molar-refractivity contribution is 0.0819. The predicted octanol–water partition coefficient (Wildman–Crippen LogP) is 2.88. The van der Waals surface area contributed by atoms with Gasteiger partial charge in [0.1, 0.15) is 0 Å². The normalized spacial score (nSPS) is 16.4. The first kappa shape index (κ1) is 18.4.